The lowest BCUT2D eigenvalue weighted by Gasteiger charge is -2.24. The van der Waals surface area contributed by atoms with Crippen molar-refractivity contribution in [1.82, 2.24) is 20.0 Å². The van der Waals surface area contributed by atoms with E-state index in [-0.39, 0.29) is 35.5 Å². The van der Waals surface area contributed by atoms with Gasteiger partial charge in [-0.25, -0.2) is 13.2 Å². The zero-order chi connectivity index (χ0) is 19.9. The Balaban J connectivity index is 1.73. The third-order valence-corrected chi connectivity index (χ3v) is 7.47. The van der Waals surface area contributed by atoms with Gasteiger partial charge < -0.3 is 10.2 Å². The molecule has 0 radical (unpaired) electrons. The molecule has 27 heavy (non-hydrogen) atoms. The first-order valence-electron chi connectivity index (χ1n) is 9.27. The number of imide groups is 1. The number of rotatable bonds is 5. The maximum absolute atomic E-state index is 12.6. The zero-order valence-electron chi connectivity index (χ0n) is 16.3. The Kier molecular flexibility index (Phi) is 5.31. The van der Waals surface area contributed by atoms with Crippen LogP contribution in [0.5, 0.6) is 0 Å². The quantitative estimate of drug-likeness (QED) is 0.649. The summed E-state index contributed by atoms with van der Waals surface area (Å²) in [5, 5.41) is 7.23. The molecule has 1 unspecified atom stereocenters. The predicted octanol–water partition coefficient (Wildman–Crippen LogP) is -1.19. The average Bonchev–Trinajstić information content (AvgIpc) is 3.26. The minimum absolute atomic E-state index is 0.116. The van der Waals surface area contributed by atoms with Gasteiger partial charge >= 0.3 is 6.03 Å². The summed E-state index contributed by atoms with van der Waals surface area (Å²) in [4.78, 5) is 26.6. The number of quaternary nitrogens is 1. The number of carbonyl (C=O) groups excluding carboxylic acids is 2. The minimum atomic E-state index is -2.98. The number of nitrogens with zero attached hydrogens (tertiary/aromatic N) is 3. The van der Waals surface area contributed by atoms with Crippen molar-refractivity contribution in [3.63, 3.8) is 0 Å². The van der Waals surface area contributed by atoms with Crippen LogP contribution in [-0.2, 0) is 21.2 Å². The van der Waals surface area contributed by atoms with Gasteiger partial charge in [0, 0.05) is 18.8 Å². The molecule has 0 spiro atoms. The van der Waals surface area contributed by atoms with Gasteiger partial charge in [-0.1, -0.05) is 0 Å². The summed E-state index contributed by atoms with van der Waals surface area (Å²) in [6, 6.07) is -0.819. The molecular formula is C17H28N5O4S+. The van der Waals surface area contributed by atoms with Gasteiger partial charge in [0.2, 0.25) is 0 Å². The number of sulfone groups is 1. The molecule has 2 aliphatic heterocycles. The highest BCUT2D eigenvalue weighted by molar-refractivity contribution is 7.91. The molecule has 0 aromatic carbocycles. The van der Waals surface area contributed by atoms with Gasteiger partial charge in [-0.2, -0.15) is 5.10 Å². The normalized spacial score (nSPS) is 24.1. The molecule has 3 atom stereocenters. The van der Waals surface area contributed by atoms with Crippen molar-refractivity contribution in [2.45, 2.75) is 45.8 Å². The fourth-order valence-corrected chi connectivity index (χ4v) is 5.53. The number of hydrogen-bond donors (Lipinski definition) is 2. The SMILES string of the molecule is Cc1nn([C@H]2CCS(=O)(=O)C2)c(C)c1C[NH+](C)[C@@H](C)C(=O)N1CCNC1=O. The lowest BCUT2D eigenvalue weighted by atomic mass is 10.1. The first kappa shape index (κ1) is 19.8. The number of urea groups is 1. The molecule has 2 aliphatic rings. The van der Waals surface area contributed by atoms with E-state index >= 15 is 0 Å². The van der Waals surface area contributed by atoms with Crippen molar-refractivity contribution in [3.05, 3.63) is 17.0 Å². The van der Waals surface area contributed by atoms with E-state index in [0.29, 0.717) is 26.1 Å². The lowest BCUT2D eigenvalue weighted by Crippen LogP contribution is -3.12. The standard InChI is InChI=1S/C17H27N5O4S/c1-11-15(12(2)22(19-11)14-5-8-27(25,26)10-14)9-20(4)13(3)16(23)21-7-6-18-17(21)24/h13-14H,5-10H2,1-4H3,(H,18,24)/p+1/t13-,14-/m0/s1. The highest BCUT2D eigenvalue weighted by atomic mass is 32.2. The minimum Gasteiger partial charge on any atom is -0.336 e. The van der Waals surface area contributed by atoms with Crippen molar-refractivity contribution in [2.24, 2.45) is 0 Å². The van der Waals surface area contributed by atoms with Crippen LogP contribution in [0.1, 0.15) is 36.3 Å². The summed E-state index contributed by atoms with van der Waals surface area (Å²) in [6.07, 6.45) is 0.589. The summed E-state index contributed by atoms with van der Waals surface area (Å²) in [7, 11) is -1.06. The van der Waals surface area contributed by atoms with Gasteiger partial charge in [-0.3, -0.25) is 14.4 Å². The van der Waals surface area contributed by atoms with E-state index in [1.54, 1.807) is 0 Å². The summed E-state index contributed by atoms with van der Waals surface area (Å²) in [5.74, 6) is 0.155. The van der Waals surface area contributed by atoms with Crippen LogP contribution in [-0.4, -0.2) is 72.7 Å². The molecule has 3 heterocycles. The Labute approximate surface area is 159 Å². The smallest absolute Gasteiger partial charge is 0.324 e. The largest absolute Gasteiger partial charge is 0.336 e. The van der Waals surface area contributed by atoms with Gasteiger partial charge in [-0.05, 0) is 27.2 Å². The van der Waals surface area contributed by atoms with E-state index in [1.807, 2.05) is 32.5 Å². The Morgan fingerprint density at radius 3 is 2.67 bits per heavy atom. The van der Waals surface area contributed by atoms with Gasteiger partial charge in [0.25, 0.3) is 5.91 Å². The molecule has 1 aromatic rings. The number of nitrogens with one attached hydrogen (secondary N) is 2. The first-order valence-corrected chi connectivity index (χ1v) is 11.1. The molecule has 3 rings (SSSR count). The molecule has 3 amide bonds. The Morgan fingerprint density at radius 2 is 2.11 bits per heavy atom. The number of hydrogen-bond acceptors (Lipinski definition) is 5. The van der Waals surface area contributed by atoms with E-state index in [9.17, 15) is 18.0 Å². The molecule has 9 nitrogen and oxygen atoms in total. The van der Waals surface area contributed by atoms with Gasteiger partial charge in [0.15, 0.2) is 15.9 Å². The highest BCUT2D eigenvalue weighted by Crippen LogP contribution is 2.26. The lowest BCUT2D eigenvalue weighted by molar-refractivity contribution is -0.908. The van der Waals surface area contributed by atoms with Crippen LogP contribution in [0.2, 0.25) is 0 Å². The third-order valence-electron chi connectivity index (χ3n) is 5.72. The second-order valence-electron chi connectivity index (χ2n) is 7.62. The van der Waals surface area contributed by atoms with E-state index in [0.717, 1.165) is 21.9 Å². The number of aryl methyl sites for hydroxylation is 1. The number of likely N-dealkylation sites (N-methyl/N-ethyl adjacent to an activating group) is 1. The van der Waals surface area contributed by atoms with E-state index in [2.05, 4.69) is 10.4 Å². The Bertz CT molecular complexity index is 863. The Hall–Kier alpha value is -1.94. The third kappa shape index (κ3) is 3.86. The molecular weight excluding hydrogens is 370 g/mol. The monoisotopic (exact) mass is 398 g/mol. The Morgan fingerprint density at radius 1 is 1.41 bits per heavy atom. The fourth-order valence-electron chi connectivity index (χ4n) is 3.84. The number of amides is 3. The van der Waals surface area contributed by atoms with Gasteiger partial charge in [0.05, 0.1) is 35.9 Å². The molecule has 0 aliphatic carbocycles. The van der Waals surface area contributed by atoms with Crippen molar-refractivity contribution < 1.29 is 22.9 Å². The van der Waals surface area contributed by atoms with Crippen LogP contribution < -0.4 is 10.2 Å². The van der Waals surface area contributed by atoms with Crippen LogP contribution in [0.3, 0.4) is 0 Å². The molecule has 2 fully saturated rings. The van der Waals surface area contributed by atoms with Crippen molar-refractivity contribution in [2.75, 3.05) is 31.6 Å². The molecule has 1 aromatic heterocycles. The average molecular weight is 399 g/mol. The van der Waals surface area contributed by atoms with Crippen LogP contribution in [0.25, 0.3) is 0 Å². The first-order chi connectivity index (χ1) is 12.6. The van der Waals surface area contributed by atoms with Crippen LogP contribution in [0.4, 0.5) is 4.79 Å². The number of aromatic nitrogens is 2. The van der Waals surface area contributed by atoms with Gasteiger partial charge in [0.1, 0.15) is 6.54 Å². The maximum Gasteiger partial charge on any atom is 0.324 e. The van der Waals surface area contributed by atoms with Crippen molar-refractivity contribution in [1.29, 1.82) is 0 Å². The highest BCUT2D eigenvalue weighted by Gasteiger charge is 2.35. The fraction of sp³-hybridized carbons (Fsp3) is 0.706. The van der Waals surface area contributed by atoms with Gasteiger partial charge in [-0.15, -0.1) is 0 Å². The van der Waals surface area contributed by atoms with Crippen LogP contribution in [0.15, 0.2) is 0 Å². The molecule has 0 saturated carbocycles. The van der Waals surface area contributed by atoms with Crippen molar-refractivity contribution in [3.8, 4) is 0 Å². The number of carbonyl (C=O) groups is 2. The topological polar surface area (TPSA) is 106 Å². The van der Waals surface area contributed by atoms with E-state index in [4.69, 9.17) is 0 Å². The summed E-state index contributed by atoms with van der Waals surface area (Å²) >= 11 is 0. The predicted molar refractivity (Wildman–Crippen MR) is 99.2 cm³/mol. The summed E-state index contributed by atoms with van der Waals surface area (Å²) < 4.78 is 25.4. The molecule has 2 N–H and O–H groups in total. The van der Waals surface area contributed by atoms with Crippen molar-refractivity contribution >= 4 is 21.8 Å². The van der Waals surface area contributed by atoms with E-state index in [1.165, 1.54) is 4.90 Å². The molecule has 150 valence electrons. The summed E-state index contributed by atoms with van der Waals surface area (Å²) in [5.41, 5.74) is 2.84. The second-order valence-corrected chi connectivity index (χ2v) is 9.85. The molecule has 2 saturated heterocycles. The zero-order valence-corrected chi connectivity index (χ0v) is 17.1. The van der Waals surface area contributed by atoms with Crippen LogP contribution >= 0.6 is 0 Å². The maximum atomic E-state index is 12.6. The van der Waals surface area contributed by atoms with Crippen LogP contribution in [0, 0.1) is 13.8 Å². The second kappa shape index (κ2) is 7.23. The molecule has 0 bridgehead atoms. The molecule has 10 heteroatoms. The summed E-state index contributed by atoms with van der Waals surface area (Å²) in [6.45, 7) is 7.17. The van der Waals surface area contributed by atoms with E-state index < -0.39 is 9.84 Å².